The number of nitrogens with zero attached hydrogens (tertiary/aromatic N) is 1. The molecule has 0 aliphatic heterocycles. The fraction of sp³-hybridized carbons (Fsp3) is 0.217. The number of amides is 1. The molecule has 156 valence electrons. The fourth-order valence-corrected chi connectivity index (χ4v) is 3.83. The standard InChI is InChI=1S/C23H23FN2O3S/c1-15-5-4-6-20(16(15)2)25-23(28)13-26-12-22(29-3)21(27)11-18(26)14-30-19-9-7-17(24)8-10-19/h4-12H,13-14H2,1-3H3,(H,25,28). The summed E-state index contributed by atoms with van der Waals surface area (Å²) in [4.78, 5) is 25.8. The van der Waals surface area contributed by atoms with Gasteiger partial charge in [0.05, 0.1) is 13.3 Å². The third kappa shape index (κ3) is 5.30. The summed E-state index contributed by atoms with van der Waals surface area (Å²) >= 11 is 1.46. The smallest absolute Gasteiger partial charge is 0.244 e. The topological polar surface area (TPSA) is 60.3 Å². The number of benzene rings is 2. The number of rotatable bonds is 7. The van der Waals surface area contributed by atoms with Crippen molar-refractivity contribution in [1.29, 1.82) is 0 Å². The van der Waals surface area contributed by atoms with Crippen LogP contribution in [0.5, 0.6) is 5.75 Å². The van der Waals surface area contributed by atoms with Crippen molar-refractivity contribution in [1.82, 2.24) is 4.57 Å². The van der Waals surface area contributed by atoms with Crippen LogP contribution in [0.25, 0.3) is 0 Å². The van der Waals surface area contributed by atoms with Crippen LogP contribution in [0.1, 0.15) is 16.8 Å². The monoisotopic (exact) mass is 426 g/mol. The van der Waals surface area contributed by atoms with Gasteiger partial charge >= 0.3 is 0 Å². The van der Waals surface area contributed by atoms with E-state index in [2.05, 4.69) is 5.32 Å². The van der Waals surface area contributed by atoms with E-state index in [1.54, 1.807) is 22.9 Å². The van der Waals surface area contributed by atoms with Gasteiger partial charge in [-0.2, -0.15) is 0 Å². The zero-order chi connectivity index (χ0) is 21.7. The van der Waals surface area contributed by atoms with E-state index in [1.165, 1.54) is 37.1 Å². The summed E-state index contributed by atoms with van der Waals surface area (Å²) in [6.45, 7) is 3.98. The lowest BCUT2D eigenvalue weighted by Crippen LogP contribution is -2.23. The van der Waals surface area contributed by atoms with Gasteiger partial charge in [0.15, 0.2) is 5.75 Å². The Morgan fingerprint density at radius 2 is 1.90 bits per heavy atom. The molecule has 30 heavy (non-hydrogen) atoms. The summed E-state index contributed by atoms with van der Waals surface area (Å²) < 4.78 is 20.0. The number of methoxy groups -OCH3 is 1. The van der Waals surface area contributed by atoms with Crippen LogP contribution in [0.4, 0.5) is 10.1 Å². The molecule has 0 spiro atoms. The first-order valence-electron chi connectivity index (χ1n) is 9.39. The summed E-state index contributed by atoms with van der Waals surface area (Å²) in [7, 11) is 1.42. The predicted octanol–water partition coefficient (Wildman–Crippen LogP) is 4.54. The minimum atomic E-state index is -0.302. The highest BCUT2D eigenvalue weighted by atomic mass is 32.2. The maximum absolute atomic E-state index is 13.1. The van der Waals surface area contributed by atoms with Crippen molar-refractivity contribution in [3.63, 3.8) is 0 Å². The van der Waals surface area contributed by atoms with Crippen LogP contribution in [-0.2, 0) is 17.1 Å². The first kappa shape index (κ1) is 21.6. The number of anilines is 1. The maximum Gasteiger partial charge on any atom is 0.244 e. The molecular weight excluding hydrogens is 403 g/mol. The molecule has 0 saturated heterocycles. The number of aryl methyl sites for hydroxylation is 1. The molecule has 1 aromatic heterocycles. The Balaban J connectivity index is 1.81. The number of hydrogen-bond donors (Lipinski definition) is 1. The SMILES string of the molecule is COc1cn(CC(=O)Nc2cccc(C)c2C)c(CSc2ccc(F)cc2)cc1=O. The van der Waals surface area contributed by atoms with Gasteiger partial charge in [-0.05, 0) is 55.3 Å². The van der Waals surface area contributed by atoms with Gasteiger partial charge in [0.25, 0.3) is 0 Å². The average molecular weight is 427 g/mol. The number of aromatic nitrogens is 1. The average Bonchev–Trinajstić information content (AvgIpc) is 2.72. The normalized spacial score (nSPS) is 10.7. The van der Waals surface area contributed by atoms with E-state index in [9.17, 15) is 14.0 Å². The summed E-state index contributed by atoms with van der Waals surface area (Å²) in [6.07, 6.45) is 1.55. The van der Waals surface area contributed by atoms with Gasteiger partial charge in [-0.25, -0.2) is 4.39 Å². The molecule has 0 radical (unpaired) electrons. The Labute approximate surface area is 178 Å². The van der Waals surface area contributed by atoms with E-state index in [-0.39, 0.29) is 29.4 Å². The van der Waals surface area contributed by atoms with E-state index >= 15 is 0 Å². The third-order valence-corrected chi connectivity index (χ3v) is 5.84. The second-order valence-corrected chi connectivity index (χ2v) is 7.91. The second-order valence-electron chi connectivity index (χ2n) is 6.86. The van der Waals surface area contributed by atoms with E-state index in [1.807, 2.05) is 32.0 Å². The van der Waals surface area contributed by atoms with E-state index < -0.39 is 0 Å². The van der Waals surface area contributed by atoms with E-state index in [4.69, 9.17) is 4.74 Å². The largest absolute Gasteiger partial charge is 0.491 e. The Hall–Kier alpha value is -3.06. The second kappa shape index (κ2) is 9.63. The molecule has 1 amide bonds. The van der Waals surface area contributed by atoms with Crippen molar-refractivity contribution in [3.05, 3.63) is 87.6 Å². The van der Waals surface area contributed by atoms with Crippen LogP contribution < -0.4 is 15.5 Å². The summed E-state index contributed by atoms with van der Waals surface area (Å²) in [5.41, 5.74) is 3.28. The number of thioether (sulfide) groups is 1. The Morgan fingerprint density at radius 1 is 1.17 bits per heavy atom. The first-order valence-corrected chi connectivity index (χ1v) is 10.4. The summed E-state index contributed by atoms with van der Waals surface area (Å²) in [5, 5.41) is 2.93. The van der Waals surface area contributed by atoms with E-state index in [0.29, 0.717) is 11.4 Å². The number of nitrogens with one attached hydrogen (secondary N) is 1. The molecule has 7 heteroatoms. The van der Waals surface area contributed by atoms with Crippen LogP contribution in [-0.4, -0.2) is 17.6 Å². The van der Waals surface area contributed by atoms with Crippen molar-refractivity contribution in [2.45, 2.75) is 31.0 Å². The van der Waals surface area contributed by atoms with Gasteiger partial charge in [0.1, 0.15) is 12.4 Å². The fourth-order valence-electron chi connectivity index (χ4n) is 2.94. The van der Waals surface area contributed by atoms with Crippen LogP contribution in [0.2, 0.25) is 0 Å². The molecule has 0 aliphatic carbocycles. The minimum absolute atomic E-state index is 0.0311. The number of hydrogen-bond acceptors (Lipinski definition) is 4. The molecule has 0 fully saturated rings. The number of carbonyl (C=O) groups is 1. The summed E-state index contributed by atoms with van der Waals surface area (Å²) in [5.74, 6) is 0.109. The van der Waals surface area contributed by atoms with Gasteiger partial charge < -0.3 is 14.6 Å². The van der Waals surface area contributed by atoms with Crippen LogP contribution >= 0.6 is 11.8 Å². The molecule has 1 N–H and O–H groups in total. The third-order valence-electron chi connectivity index (χ3n) is 4.80. The molecule has 3 rings (SSSR count). The minimum Gasteiger partial charge on any atom is -0.491 e. The highest BCUT2D eigenvalue weighted by Gasteiger charge is 2.12. The number of ether oxygens (including phenoxy) is 1. The van der Waals surface area contributed by atoms with E-state index in [0.717, 1.165) is 21.7 Å². The highest BCUT2D eigenvalue weighted by molar-refractivity contribution is 7.98. The molecule has 0 saturated carbocycles. The lowest BCUT2D eigenvalue weighted by atomic mass is 10.1. The quantitative estimate of drug-likeness (QED) is 0.564. The Morgan fingerprint density at radius 3 is 2.60 bits per heavy atom. The van der Waals surface area contributed by atoms with Gasteiger partial charge in [-0.15, -0.1) is 11.8 Å². The molecular formula is C23H23FN2O3S. The van der Waals surface area contributed by atoms with Gasteiger partial charge in [-0.3, -0.25) is 9.59 Å². The van der Waals surface area contributed by atoms with Crippen molar-refractivity contribution in [2.75, 3.05) is 12.4 Å². The van der Waals surface area contributed by atoms with Crippen LogP contribution in [0.15, 0.2) is 64.4 Å². The molecule has 2 aromatic carbocycles. The van der Waals surface area contributed by atoms with Crippen molar-refractivity contribution in [2.24, 2.45) is 0 Å². The molecule has 0 atom stereocenters. The molecule has 1 heterocycles. The van der Waals surface area contributed by atoms with Gasteiger partial charge in [0, 0.05) is 28.1 Å². The van der Waals surface area contributed by atoms with Crippen LogP contribution in [0.3, 0.4) is 0 Å². The molecule has 3 aromatic rings. The lowest BCUT2D eigenvalue weighted by Gasteiger charge is -2.16. The predicted molar refractivity (Wildman–Crippen MR) is 118 cm³/mol. The molecule has 0 aliphatic rings. The number of carbonyl (C=O) groups excluding carboxylic acids is 1. The number of pyridine rings is 1. The summed E-state index contributed by atoms with van der Waals surface area (Å²) in [6, 6.07) is 13.4. The molecule has 0 bridgehead atoms. The van der Waals surface area contributed by atoms with Gasteiger partial charge in [0.2, 0.25) is 11.3 Å². The van der Waals surface area contributed by atoms with Gasteiger partial charge in [-0.1, -0.05) is 12.1 Å². The van der Waals surface area contributed by atoms with Crippen molar-refractivity contribution in [3.8, 4) is 5.75 Å². The highest BCUT2D eigenvalue weighted by Crippen LogP contribution is 2.23. The van der Waals surface area contributed by atoms with Crippen molar-refractivity contribution < 1.29 is 13.9 Å². The zero-order valence-electron chi connectivity index (χ0n) is 17.1. The maximum atomic E-state index is 13.1. The van der Waals surface area contributed by atoms with Crippen molar-refractivity contribution >= 4 is 23.4 Å². The lowest BCUT2D eigenvalue weighted by molar-refractivity contribution is -0.116. The van der Waals surface area contributed by atoms with Crippen LogP contribution in [0, 0.1) is 19.7 Å². The molecule has 5 nitrogen and oxygen atoms in total. The molecule has 0 unspecified atom stereocenters. The first-order chi connectivity index (χ1) is 14.4. The Kier molecular flexibility index (Phi) is 6.95. The zero-order valence-corrected chi connectivity index (χ0v) is 17.9. The number of halogens is 1. The Bertz CT molecular complexity index is 1110.